The van der Waals surface area contributed by atoms with E-state index in [2.05, 4.69) is 56.5 Å². The van der Waals surface area contributed by atoms with Crippen LogP contribution in [0.5, 0.6) is 0 Å². The molecule has 1 aliphatic rings. The molecule has 0 spiro atoms. The predicted molar refractivity (Wildman–Crippen MR) is 124 cm³/mol. The molecule has 0 bridgehead atoms. The van der Waals surface area contributed by atoms with Gasteiger partial charge in [-0.25, -0.2) is 9.50 Å². The molecule has 0 atom stereocenters. The van der Waals surface area contributed by atoms with E-state index in [-0.39, 0.29) is 0 Å². The Labute approximate surface area is 182 Å². The van der Waals surface area contributed by atoms with E-state index >= 15 is 0 Å². The van der Waals surface area contributed by atoms with Crippen molar-refractivity contribution in [2.45, 2.75) is 40.0 Å². The molecule has 1 fully saturated rings. The monoisotopic (exact) mass is 413 g/mol. The smallest absolute Gasteiger partial charge is 0.227 e. The van der Waals surface area contributed by atoms with Gasteiger partial charge in [0, 0.05) is 49.0 Å². The van der Waals surface area contributed by atoms with E-state index in [9.17, 15) is 0 Å². The average molecular weight is 414 g/mol. The third kappa shape index (κ3) is 3.95. The van der Waals surface area contributed by atoms with Crippen molar-refractivity contribution in [2.24, 2.45) is 0 Å². The zero-order valence-corrected chi connectivity index (χ0v) is 18.3. The summed E-state index contributed by atoms with van der Waals surface area (Å²) in [6.07, 6.45) is 7.34. The van der Waals surface area contributed by atoms with Gasteiger partial charge in [-0.1, -0.05) is 6.92 Å². The van der Waals surface area contributed by atoms with Crippen LogP contribution in [0, 0.1) is 13.8 Å². The fourth-order valence-corrected chi connectivity index (χ4v) is 4.17. The second-order valence-electron chi connectivity index (χ2n) is 8.16. The maximum Gasteiger partial charge on any atom is 0.227 e. The third-order valence-electron chi connectivity index (χ3n) is 5.77. The molecule has 31 heavy (non-hydrogen) atoms. The number of anilines is 3. The van der Waals surface area contributed by atoms with Crippen LogP contribution in [0.15, 0.2) is 42.7 Å². The first-order chi connectivity index (χ1) is 15.1. The van der Waals surface area contributed by atoms with Gasteiger partial charge in [-0.3, -0.25) is 4.98 Å². The molecular weight excluding hydrogens is 386 g/mol. The number of aromatic nitrogens is 5. The van der Waals surface area contributed by atoms with Gasteiger partial charge in [0.25, 0.3) is 0 Å². The molecule has 1 N–H and O–H groups in total. The molecule has 7 heteroatoms. The van der Waals surface area contributed by atoms with Crippen LogP contribution >= 0.6 is 0 Å². The summed E-state index contributed by atoms with van der Waals surface area (Å²) in [6, 6.07) is 10.5. The second kappa shape index (κ2) is 7.98. The lowest BCUT2D eigenvalue weighted by molar-refractivity contribution is 0.890. The molecule has 1 aliphatic heterocycles. The molecule has 0 aliphatic carbocycles. The lowest BCUT2D eigenvalue weighted by atomic mass is 10.00. The first-order valence-corrected chi connectivity index (χ1v) is 10.9. The highest BCUT2D eigenvalue weighted by atomic mass is 15.3. The summed E-state index contributed by atoms with van der Waals surface area (Å²) in [5.41, 5.74) is 6.66. The molecule has 0 aromatic carbocycles. The van der Waals surface area contributed by atoms with E-state index in [1.807, 2.05) is 36.8 Å². The van der Waals surface area contributed by atoms with E-state index < -0.39 is 0 Å². The van der Waals surface area contributed by atoms with Gasteiger partial charge >= 0.3 is 0 Å². The van der Waals surface area contributed by atoms with Crippen molar-refractivity contribution in [3.8, 4) is 11.1 Å². The van der Waals surface area contributed by atoms with Crippen LogP contribution in [-0.4, -0.2) is 37.7 Å². The van der Waals surface area contributed by atoms with Crippen molar-refractivity contribution in [1.29, 1.82) is 0 Å². The standard InChI is InChI=1S/C24H27N7/c1-4-18-15-25-16(2)11-21(18)19-7-10-31-20(13-19)14-23(29-31)27-22-12-17(3)26-24(28-22)30-8-5-6-9-30/h7,10-15H,4-6,8-9H2,1-3H3,(H,26,27,28,29). The van der Waals surface area contributed by atoms with Gasteiger partial charge < -0.3 is 10.2 Å². The number of pyridine rings is 2. The second-order valence-corrected chi connectivity index (χ2v) is 8.16. The Hall–Kier alpha value is -3.48. The van der Waals surface area contributed by atoms with Gasteiger partial charge in [0.05, 0.1) is 5.52 Å². The Balaban J connectivity index is 1.45. The Morgan fingerprint density at radius 2 is 1.81 bits per heavy atom. The number of rotatable bonds is 5. The van der Waals surface area contributed by atoms with E-state index in [1.54, 1.807) is 0 Å². The lowest BCUT2D eigenvalue weighted by Crippen LogP contribution is -2.21. The minimum Gasteiger partial charge on any atom is -0.341 e. The van der Waals surface area contributed by atoms with Crippen LogP contribution in [0.3, 0.4) is 0 Å². The molecule has 0 amide bonds. The molecule has 0 unspecified atom stereocenters. The van der Waals surface area contributed by atoms with Gasteiger partial charge in [-0.2, -0.15) is 10.1 Å². The highest BCUT2D eigenvalue weighted by Gasteiger charge is 2.16. The molecule has 1 saturated heterocycles. The minimum absolute atomic E-state index is 0.768. The highest BCUT2D eigenvalue weighted by molar-refractivity contribution is 5.73. The molecule has 0 radical (unpaired) electrons. The van der Waals surface area contributed by atoms with Gasteiger partial charge in [0.15, 0.2) is 5.82 Å². The Morgan fingerprint density at radius 1 is 0.968 bits per heavy atom. The van der Waals surface area contributed by atoms with Crippen molar-refractivity contribution < 1.29 is 0 Å². The van der Waals surface area contributed by atoms with Crippen LogP contribution in [0.2, 0.25) is 0 Å². The van der Waals surface area contributed by atoms with Crippen molar-refractivity contribution >= 4 is 23.1 Å². The maximum atomic E-state index is 4.73. The Bertz CT molecular complexity index is 1240. The Morgan fingerprint density at radius 3 is 2.61 bits per heavy atom. The fourth-order valence-electron chi connectivity index (χ4n) is 4.17. The lowest BCUT2D eigenvalue weighted by Gasteiger charge is -2.16. The van der Waals surface area contributed by atoms with Crippen LogP contribution < -0.4 is 10.2 Å². The number of nitrogens with zero attached hydrogens (tertiary/aromatic N) is 6. The van der Waals surface area contributed by atoms with Gasteiger partial charge in [-0.05, 0) is 68.0 Å². The van der Waals surface area contributed by atoms with Crippen molar-refractivity contribution in [1.82, 2.24) is 24.6 Å². The summed E-state index contributed by atoms with van der Waals surface area (Å²) >= 11 is 0. The molecule has 4 aromatic rings. The van der Waals surface area contributed by atoms with Crippen molar-refractivity contribution in [2.75, 3.05) is 23.3 Å². The SMILES string of the molecule is CCc1cnc(C)cc1-c1ccn2nc(Nc3cc(C)nc(N4CCCC4)n3)cc2c1. The highest BCUT2D eigenvalue weighted by Crippen LogP contribution is 2.27. The summed E-state index contributed by atoms with van der Waals surface area (Å²) in [7, 11) is 0. The summed E-state index contributed by atoms with van der Waals surface area (Å²) in [4.78, 5) is 16.0. The fraction of sp³-hybridized carbons (Fsp3) is 0.333. The van der Waals surface area contributed by atoms with E-state index in [0.717, 1.165) is 54.0 Å². The number of hydrogen-bond acceptors (Lipinski definition) is 6. The number of aryl methyl sites for hydroxylation is 3. The van der Waals surface area contributed by atoms with Gasteiger partial charge in [0.1, 0.15) is 5.82 Å². The zero-order valence-electron chi connectivity index (χ0n) is 18.3. The average Bonchev–Trinajstić information content (AvgIpc) is 3.42. The largest absolute Gasteiger partial charge is 0.341 e. The minimum atomic E-state index is 0.768. The van der Waals surface area contributed by atoms with E-state index in [0.29, 0.717) is 0 Å². The zero-order chi connectivity index (χ0) is 21.4. The molecule has 5 rings (SSSR count). The summed E-state index contributed by atoms with van der Waals surface area (Å²) in [6.45, 7) is 8.24. The molecule has 5 heterocycles. The van der Waals surface area contributed by atoms with E-state index in [1.165, 1.54) is 29.5 Å². The van der Waals surface area contributed by atoms with Crippen molar-refractivity contribution in [3.63, 3.8) is 0 Å². The van der Waals surface area contributed by atoms with Crippen LogP contribution in [0.4, 0.5) is 17.6 Å². The van der Waals surface area contributed by atoms with E-state index in [4.69, 9.17) is 4.98 Å². The molecule has 0 saturated carbocycles. The normalized spacial score (nSPS) is 13.8. The summed E-state index contributed by atoms with van der Waals surface area (Å²) in [5, 5.41) is 8.05. The van der Waals surface area contributed by atoms with Crippen LogP contribution in [0.1, 0.15) is 36.7 Å². The number of hydrogen-bond donors (Lipinski definition) is 1. The molecular formula is C24H27N7. The number of nitrogens with one attached hydrogen (secondary N) is 1. The van der Waals surface area contributed by atoms with Gasteiger partial charge in [-0.15, -0.1) is 0 Å². The first kappa shape index (κ1) is 19.5. The predicted octanol–water partition coefficient (Wildman–Crippen LogP) is 4.71. The summed E-state index contributed by atoms with van der Waals surface area (Å²) < 4.78 is 1.89. The third-order valence-corrected chi connectivity index (χ3v) is 5.77. The topological polar surface area (TPSA) is 71.2 Å². The maximum absolute atomic E-state index is 4.73. The molecule has 4 aromatic heterocycles. The van der Waals surface area contributed by atoms with Crippen molar-refractivity contribution in [3.05, 3.63) is 59.7 Å². The Kier molecular flexibility index (Phi) is 5.02. The number of fused-ring (bicyclic) bond motifs is 1. The molecule has 158 valence electrons. The first-order valence-electron chi connectivity index (χ1n) is 10.9. The molecule has 7 nitrogen and oxygen atoms in total. The van der Waals surface area contributed by atoms with Crippen LogP contribution in [0.25, 0.3) is 16.6 Å². The van der Waals surface area contributed by atoms with Crippen LogP contribution in [-0.2, 0) is 6.42 Å². The quantitative estimate of drug-likeness (QED) is 0.511. The summed E-state index contributed by atoms with van der Waals surface area (Å²) in [5.74, 6) is 2.34. The van der Waals surface area contributed by atoms with Gasteiger partial charge in [0.2, 0.25) is 5.95 Å².